The molecule has 1 aliphatic rings. The van der Waals surface area contributed by atoms with Crippen molar-refractivity contribution in [2.75, 3.05) is 18.9 Å². The summed E-state index contributed by atoms with van der Waals surface area (Å²) in [6.07, 6.45) is 6.05. The van der Waals surface area contributed by atoms with Gasteiger partial charge in [0, 0.05) is 12.2 Å². The number of anilines is 1. The van der Waals surface area contributed by atoms with Crippen molar-refractivity contribution in [2.24, 2.45) is 0 Å². The summed E-state index contributed by atoms with van der Waals surface area (Å²) in [5, 5.41) is 0.121. The molecule has 0 heterocycles. The van der Waals surface area contributed by atoms with Crippen LogP contribution in [0.25, 0.3) is 0 Å². The average Bonchev–Trinajstić information content (AvgIpc) is 2.44. The molecule has 1 aromatic rings. The zero-order valence-corrected chi connectivity index (χ0v) is 13.4. The summed E-state index contributed by atoms with van der Waals surface area (Å²) in [7, 11) is -3.63. The molecule has 0 aliphatic heterocycles. The first-order chi connectivity index (χ1) is 9.99. The Hall–Kier alpha value is -0.820. The van der Waals surface area contributed by atoms with Gasteiger partial charge in [-0.3, -0.25) is 0 Å². The Kier molecular flexibility index (Phi) is 5.87. The molecule has 2 rings (SSSR count). The van der Waals surface area contributed by atoms with Gasteiger partial charge in [0.2, 0.25) is 10.0 Å². The fourth-order valence-corrected chi connectivity index (χ4v) is 4.01. The zero-order chi connectivity index (χ0) is 15.3. The SMILES string of the molecule is Nc1ccc(S(=O)(=O)NCCOC2CCCCC2)c(Cl)c1. The normalized spacial score (nSPS) is 17.0. The van der Waals surface area contributed by atoms with E-state index in [4.69, 9.17) is 22.1 Å². The summed E-state index contributed by atoms with van der Waals surface area (Å²) in [5.41, 5.74) is 5.99. The van der Waals surface area contributed by atoms with Crippen LogP contribution in [0, 0.1) is 0 Å². The molecular formula is C14H21ClN2O3S. The van der Waals surface area contributed by atoms with E-state index < -0.39 is 10.0 Å². The number of hydrogen-bond donors (Lipinski definition) is 2. The second kappa shape index (κ2) is 7.45. The fourth-order valence-electron chi connectivity index (χ4n) is 2.45. The number of rotatable bonds is 6. The summed E-state index contributed by atoms with van der Waals surface area (Å²) in [5.74, 6) is 0. The van der Waals surface area contributed by atoms with Crippen LogP contribution in [0.4, 0.5) is 5.69 Å². The van der Waals surface area contributed by atoms with Crippen molar-refractivity contribution >= 4 is 27.3 Å². The molecule has 3 N–H and O–H groups in total. The molecule has 0 saturated heterocycles. The first-order valence-electron chi connectivity index (χ1n) is 7.15. The van der Waals surface area contributed by atoms with Crippen LogP contribution in [0.15, 0.2) is 23.1 Å². The lowest BCUT2D eigenvalue weighted by molar-refractivity contribution is 0.0321. The van der Waals surface area contributed by atoms with E-state index in [1.54, 1.807) is 0 Å². The Balaban J connectivity index is 1.83. The molecule has 0 amide bonds. The van der Waals surface area contributed by atoms with Gasteiger partial charge in [-0.25, -0.2) is 13.1 Å². The number of nitrogens with one attached hydrogen (secondary N) is 1. The van der Waals surface area contributed by atoms with E-state index in [2.05, 4.69) is 4.72 Å². The van der Waals surface area contributed by atoms with Crippen molar-refractivity contribution in [2.45, 2.75) is 43.1 Å². The van der Waals surface area contributed by atoms with Crippen molar-refractivity contribution in [3.8, 4) is 0 Å². The van der Waals surface area contributed by atoms with Crippen LogP contribution in [0.3, 0.4) is 0 Å². The monoisotopic (exact) mass is 332 g/mol. The highest BCUT2D eigenvalue weighted by molar-refractivity contribution is 7.89. The summed E-state index contributed by atoms with van der Waals surface area (Å²) in [6.45, 7) is 0.607. The van der Waals surface area contributed by atoms with Crippen LogP contribution >= 0.6 is 11.6 Å². The minimum Gasteiger partial charge on any atom is -0.399 e. The first-order valence-corrected chi connectivity index (χ1v) is 9.01. The highest BCUT2D eigenvalue weighted by Gasteiger charge is 2.18. The summed E-state index contributed by atoms with van der Waals surface area (Å²) in [6, 6.07) is 4.34. The van der Waals surface area contributed by atoms with Gasteiger partial charge >= 0.3 is 0 Å². The summed E-state index contributed by atoms with van der Waals surface area (Å²) >= 11 is 5.92. The molecule has 0 unspecified atom stereocenters. The molecule has 118 valence electrons. The molecule has 1 aromatic carbocycles. The molecule has 1 aliphatic carbocycles. The van der Waals surface area contributed by atoms with Gasteiger partial charge in [-0.1, -0.05) is 30.9 Å². The third kappa shape index (κ3) is 4.85. The molecule has 0 aromatic heterocycles. The standard InChI is InChI=1S/C14H21ClN2O3S/c15-13-10-11(16)6-7-14(13)21(18,19)17-8-9-20-12-4-2-1-3-5-12/h6-7,10,12,17H,1-5,8-9,16H2. The van der Waals surface area contributed by atoms with Gasteiger partial charge in [0.15, 0.2) is 0 Å². The first kappa shape index (κ1) is 16.5. The Labute approximate surface area is 130 Å². The Morgan fingerprint density at radius 2 is 2.00 bits per heavy atom. The molecule has 21 heavy (non-hydrogen) atoms. The van der Waals surface area contributed by atoms with Crippen LogP contribution < -0.4 is 10.5 Å². The second-order valence-corrected chi connectivity index (χ2v) is 7.36. The van der Waals surface area contributed by atoms with Crippen molar-refractivity contribution in [1.82, 2.24) is 4.72 Å². The van der Waals surface area contributed by atoms with Crippen molar-refractivity contribution in [1.29, 1.82) is 0 Å². The Morgan fingerprint density at radius 1 is 1.29 bits per heavy atom. The number of sulfonamides is 1. The third-order valence-electron chi connectivity index (χ3n) is 3.55. The third-order valence-corrected chi connectivity index (χ3v) is 5.49. The topological polar surface area (TPSA) is 81.4 Å². The molecule has 0 radical (unpaired) electrons. The molecule has 7 heteroatoms. The quantitative estimate of drug-likeness (QED) is 0.619. The van der Waals surface area contributed by atoms with Crippen molar-refractivity contribution in [3.05, 3.63) is 23.2 Å². The zero-order valence-electron chi connectivity index (χ0n) is 11.8. The second-order valence-electron chi connectivity index (χ2n) is 5.22. The van der Waals surface area contributed by atoms with E-state index in [-0.39, 0.29) is 22.6 Å². The maximum absolute atomic E-state index is 12.1. The van der Waals surface area contributed by atoms with Gasteiger partial charge < -0.3 is 10.5 Å². The Bertz CT molecular complexity index is 572. The van der Waals surface area contributed by atoms with Crippen molar-refractivity contribution < 1.29 is 13.2 Å². The maximum atomic E-state index is 12.1. The average molecular weight is 333 g/mol. The van der Waals surface area contributed by atoms with Gasteiger partial charge in [0.25, 0.3) is 0 Å². The predicted octanol–water partition coefficient (Wildman–Crippen LogP) is 2.55. The van der Waals surface area contributed by atoms with Crippen LogP contribution in [0.1, 0.15) is 32.1 Å². The largest absolute Gasteiger partial charge is 0.399 e. The van der Waals surface area contributed by atoms with E-state index in [0.717, 1.165) is 12.8 Å². The minimum atomic E-state index is -3.63. The highest BCUT2D eigenvalue weighted by Crippen LogP contribution is 2.23. The van der Waals surface area contributed by atoms with Crippen LogP contribution in [-0.2, 0) is 14.8 Å². The molecular weight excluding hydrogens is 312 g/mol. The summed E-state index contributed by atoms with van der Waals surface area (Å²) < 4.78 is 32.4. The number of halogens is 1. The lowest BCUT2D eigenvalue weighted by Gasteiger charge is -2.22. The van der Waals surface area contributed by atoms with Gasteiger partial charge in [-0.05, 0) is 31.0 Å². The smallest absolute Gasteiger partial charge is 0.242 e. The van der Waals surface area contributed by atoms with Crippen LogP contribution in [0.5, 0.6) is 0 Å². The highest BCUT2D eigenvalue weighted by atomic mass is 35.5. The van der Waals surface area contributed by atoms with E-state index in [0.29, 0.717) is 12.3 Å². The number of hydrogen-bond acceptors (Lipinski definition) is 4. The number of nitrogen functional groups attached to an aromatic ring is 1. The van der Waals surface area contributed by atoms with Gasteiger partial charge in [-0.15, -0.1) is 0 Å². The van der Waals surface area contributed by atoms with E-state index in [1.165, 1.54) is 37.5 Å². The molecule has 1 saturated carbocycles. The maximum Gasteiger partial charge on any atom is 0.242 e. The number of benzene rings is 1. The molecule has 0 bridgehead atoms. The van der Waals surface area contributed by atoms with Crippen LogP contribution in [-0.4, -0.2) is 27.7 Å². The van der Waals surface area contributed by atoms with Gasteiger partial charge in [0.05, 0.1) is 17.7 Å². The Morgan fingerprint density at radius 3 is 2.67 bits per heavy atom. The molecule has 0 atom stereocenters. The van der Waals surface area contributed by atoms with Crippen LogP contribution in [0.2, 0.25) is 5.02 Å². The van der Waals surface area contributed by atoms with Crippen molar-refractivity contribution in [3.63, 3.8) is 0 Å². The molecule has 1 fully saturated rings. The molecule has 5 nitrogen and oxygen atoms in total. The number of ether oxygens (including phenoxy) is 1. The van der Waals surface area contributed by atoms with Gasteiger partial charge in [-0.2, -0.15) is 0 Å². The fraction of sp³-hybridized carbons (Fsp3) is 0.571. The van der Waals surface area contributed by atoms with Gasteiger partial charge in [0.1, 0.15) is 4.90 Å². The predicted molar refractivity (Wildman–Crippen MR) is 83.9 cm³/mol. The lowest BCUT2D eigenvalue weighted by atomic mass is 9.98. The molecule has 0 spiro atoms. The lowest BCUT2D eigenvalue weighted by Crippen LogP contribution is -2.29. The summed E-state index contributed by atoms with van der Waals surface area (Å²) in [4.78, 5) is 0.0380. The minimum absolute atomic E-state index is 0.0380. The van der Waals surface area contributed by atoms with E-state index >= 15 is 0 Å². The van der Waals surface area contributed by atoms with E-state index in [1.807, 2.05) is 0 Å². The van der Waals surface area contributed by atoms with E-state index in [9.17, 15) is 8.42 Å². The number of nitrogens with two attached hydrogens (primary N) is 1.